The van der Waals surface area contributed by atoms with Gasteiger partial charge in [-0.3, -0.25) is 97.7 Å². The van der Waals surface area contributed by atoms with Crippen LogP contribution in [0.25, 0.3) is 0 Å². The number of carboxylic acid groups (broad SMARTS) is 3. The highest BCUT2D eigenvalue weighted by atomic mass is 32.2. The van der Waals surface area contributed by atoms with Gasteiger partial charge in [0.2, 0.25) is 88.6 Å². The van der Waals surface area contributed by atoms with E-state index in [9.17, 15) is 82.8 Å². The van der Waals surface area contributed by atoms with Crippen LogP contribution in [0.3, 0.4) is 0 Å². The van der Waals surface area contributed by atoms with Crippen molar-refractivity contribution in [3.05, 3.63) is 108 Å². The standard InChI is InChI=1S/C91H144N26O22S/c1-8-52(6)73(87(137)115-64(44-51(4)5)80(130)108-60(34-35-70(94)119)78(128)109-62(88(138)139)32-22-41-103-91(99)100)117-85(135)67(47-55-27-16-11-17-28-55)113-84(134)68(48-72(122)123)114-77(127)59(31-21-40-102-90(97)98)106-82(132)65(45-53-23-12-9-13-24-53)112-83(133)66(46-54-25-14-10-15-26-54)111-75(125)57(29-18-19-38-92)107-86(136)69(49-118)116-81(131)63(43-50(2)3)110-76(126)58(30-20-39-101-89(95)96)105-79(129)61(37-42-140-7)104-74(124)56(93)33-36-71(120)121/h9-17,23-28,50-52,56-69,73,118H,8,18-22,29-49,92-93H2,1-7H3,(H2,94,119)(H,104,124)(H,105,129)(H,106,132)(H,107,136)(H,108,130)(H,109,128)(H,110,126)(H,111,125)(H,112,133)(H,113,134)(H,114,127)(H,115,137)(H,116,131)(H,117,135)(H,120,121)(H,122,123)(H,138,139)(H4,95,96,101)(H4,97,98,102)(H4,99,100,103)/t52-,56-,57-,58-,59-,60-,61-,62-,63-,64-,65-,66-,67-,68-,69-,73-/m0/s1. The van der Waals surface area contributed by atoms with Crippen LogP contribution in [0.15, 0.2) is 91.0 Å². The molecule has 0 unspecified atom stereocenters. The van der Waals surface area contributed by atoms with E-state index < -0.39 is 247 Å². The molecular formula is C91H144N26O22S. The van der Waals surface area contributed by atoms with Gasteiger partial charge in [0.25, 0.3) is 0 Å². The molecule has 3 aromatic carbocycles. The second kappa shape index (κ2) is 65.1. The fourth-order valence-electron chi connectivity index (χ4n) is 14.3. The zero-order chi connectivity index (χ0) is 105. The zero-order valence-electron chi connectivity index (χ0n) is 80.2. The fourth-order valence-corrected chi connectivity index (χ4v) is 14.7. The maximum atomic E-state index is 15.3. The summed E-state index contributed by atoms with van der Waals surface area (Å²) in [5.74, 6) is -21.8. The fraction of sp³-hybridized carbons (Fsp3) is 0.571. The van der Waals surface area contributed by atoms with Crippen LogP contribution in [0.2, 0.25) is 0 Å². The lowest BCUT2D eigenvalue weighted by atomic mass is 9.95. The van der Waals surface area contributed by atoms with Crippen molar-refractivity contribution in [1.29, 1.82) is 16.2 Å². The number of guanidine groups is 3. The van der Waals surface area contributed by atoms with Crippen molar-refractivity contribution in [2.75, 3.05) is 44.8 Å². The predicted octanol–water partition coefficient (Wildman–Crippen LogP) is -4.68. The number of primary amides is 1. The Balaban J connectivity index is 2.10. The molecule has 36 N–H and O–H groups in total. The minimum absolute atomic E-state index is 0.0358. The second-order valence-corrected chi connectivity index (χ2v) is 35.7. The van der Waals surface area contributed by atoms with E-state index in [1.807, 2.05) is 0 Å². The van der Waals surface area contributed by atoms with E-state index in [-0.39, 0.29) is 147 Å². The highest BCUT2D eigenvalue weighted by molar-refractivity contribution is 7.98. The number of nitrogens with one attached hydrogen (secondary N) is 20. The molecule has 0 saturated carbocycles. The largest absolute Gasteiger partial charge is 0.481 e. The summed E-state index contributed by atoms with van der Waals surface area (Å²) < 4.78 is 0. The minimum Gasteiger partial charge on any atom is -0.481 e. The van der Waals surface area contributed by atoms with Crippen LogP contribution in [0.1, 0.15) is 174 Å². The summed E-state index contributed by atoms with van der Waals surface area (Å²) in [5, 5.41) is 107. The van der Waals surface area contributed by atoms with E-state index in [0.29, 0.717) is 28.9 Å². The van der Waals surface area contributed by atoms with E-state index in [1.54, 1.807) is 139 Å². The lowest BCUT2D eigenvalue weighted by Crippen LogP contribution is -2.62. The van der Waals surface area contributed by atoms with Crippen LogP contribution < -0.4 is 125 Å². The number of rotatable bonds is 69. The third-order valence-corrected chi connectivity index (χ3v) is 22.7. The molecule has 0 heterocycles. The first-order valence-corrected chi connectivity index (χ1v) is 47.8. The molecule has 15 amide bonds. The predicted molar refractivity (Wildman–Crippen MR) is 519 cm³/mol. The maximum absolute atomic E-state index is 15.3. The Morgan fingerprint density at radius 3 is 1.01 bits per heavy atom. The zero-order valence-corrected chi connectivity index (χ0v) is 81.0. The van der Waals surface area contributed by atoms with Gasteiger partial charge in [0.05, 0.1) is 19.1 Å². The Morgan fingerprint density at radius 2 is 0.657 bits per heavy atom. The van der Waals surface area contributed by atoms with E-state index in [2.05, 4.69) is 90.4 Å². The third-order valence-electron chi connectivity index (χ3n) is 22.0. The summed E-state index contributed by atoms with van der Waals surface area (Å²) in [5.41, 5.74) is 35.1. The number of thioether (sulfide) groups is 1. The van der Waals surface area contributed by atoms with Crippen molar-refractivity contribution in [1.82, 2.24) is 90.4 Å². The Hall–Kier alpha value is -13.8. The number of aliphatic hydroxyl groups excluding tert-OH is 1. The molecule has 0 aliphatic heterocycles. The highest BCUT2D eigenvalue weighted by Gasteiger charge is 2.41. The van der Waals surface area contributed by atoms with Gasteiger partial charge < -0.3 is 145 Å². The molecule has 0 saturated heterocycles. The number of aliphatic carboxylic acids is 3. The molecule has 49 heteroatoms. The molecule has 16 atom stereocenters. The van der Waals surface area contributed by atoms with Gasteiger partial charge in [-0.2, -0.15) is 11.8 Å². The Bertz CT molecular complexity index is 4590. The van der Waals surface area contributed by atoms with Crippen LogP contribution in [-0.4, -0.2) is 280 Å². The van der Waals surface area contributed by atoms with Crippen molar-refractivity contribution in [3.63, 3.8) is 0 Å². The summed E-state index contributed by atoms with van der Waals surface area (Å²) in [6.07, 6.45) is -2.08. The number of aliphatic hydroxyl groups is 1. The smallest absolute Gasteiger partial charge is 0.326 e. The molecule has 776 valence electrons. The van der Waals surface area contributed by atoms with Gasteiger partial charge in [0, 0.05) is 51.7 Å². The number of amides is 15. The molecule has 48 nitrogen and oxygen atoms in total. The van der Waals surface area contributed by atoms with E-state index in [0.717, 1.165) is 0 Å². The molecule has 0 bridgehead atoms. The lowest BCUT2D eigenvalue weighted by Gasteiger charge is -2.30. The Labute approximate surface area is 817 Å². The average molecular weight is 1990 g/mol. The van der Waals surface area contributed by atoms with Gasteiger partial charge in [0.1, 0.15) is 84.6 Å². The van der Waals surface area contributed by atoms with Crippen molar-refractivity contribution in [3.8, 4) is 0 Å². The van der Waals surface area contributed by atoms with Gasteiger partial charge in [0.15, 0.2) is 17.9 Å². The molecule has 0 fully saturated rings. The van der Waals surface area contributed by atoms with Crippen LogP contribution in [0, 0.1) is 34.0 Å². The summed E-state index contributed by atoms with van der Waals surface area (Å²) in [6, 6.07) is 0.624. The number of hydrogen-bond acceptors (Lipinski definition) is 25. The van der Waals surface area contributed by atoms with Crippen LogP contribution in [0.5, 0.6) is 0 Å². The lowest BCUT2D eigenvalue weighted by molar-refractivity contribution is -0.143. The number of carboxylic acids is 3. The maximum Gasteiger partial charge on any atom is 0.326 e. The van der Waals surface area contributed by atoms with Gasteiger partial charge in [-0.25, -0.2) is 4.79 Å². The summed E-state index contributed by atoms with van der Waals surface area (Å²) in [4.78, 5) is 253. The summed E-state index contributed by atoms with van der Waals surface area (Å²) in [7, 11) is 0. The number of benzene rings is 3. The van der Waals surface area contributed by atoms with E-state index in [1.165, 1.54) is 11.8 Å². The molecule has 3 aromatic rings. The normalized spacial score (nSPS) is 14.5. The molecule has 0 radical (unpaired) electrons. The van der Waals surface area contributed by atoms with Crippen molar-refractivity contribution in [2.45, 2.75) is 267 Å². The number of hydrogen-bond donors (Lipinski definition) is 30. The van der Waals surface area contributed by atoms with E-state index in [4.69, 9.17) is 50.6 Å². The number of carbonyl (C=O) groups excluding carboxylic acids is 15. The third kappa shape index (κ3) is 48.0. The molecule has 0 aliphatic carbocycles. The van der Waals surface area contributed by atoms with Gasteiger partial charge in [-0.05, 0) is 143 Å². The van der Waals surface area contributed by atoms with Crippen molar-refractivity contribution >= 4 is 136 Å². The Kier molecular flexibility index (Phi) is 55.9. The molecule has 0 aromatic heterocycles. The molecule has 3 rings (SSSR count). The van der Waals surface area contributed by atoms with Gasteiger partial charge in [-0.15, -0.1) is 0 Å². The van der Waals surface area contributed by atoms with Crippen LogP contribution >= 0.6 is 11.8 Å². The second-order valence-electron chi connectivity index (χ2n) is 34.7. The number of carbonyl (C=O) groups is 18. The van der Waals surface area contributed by atoms with Crippen LogP contribution in [0.4, 0.5) is 0 Å². The molecule has 0 aliphatic rings. The van der Waals surface area contributed by atoms with Crippen molar-refractivity contribution in [2.24, 2.45) is 52.2 Å². The van der Waals surface area contributed by atoms with Crippen LogP contribution in [-0.2, 0) is 106 Å². The monoisotopic (exact) mass is 1990 g/mol. The number of nitrogens with two attached hydrogens (primary N) is 6. The number of unbranched alkanes of at least 4 members (excludes halogenated alkanes) is 1. The first-order chi connectivity index (χ1) is 66.3. The molecule has 0 spiro atoms. The van der Waals surface area contributed by atoms with E-state index >= 15 is 24.0 Å². The van der Waals surface area contributed by atoms with Crippen molar-refractivity contribution < 1.29 is 107 Å². The molecule has 140 heavy (non-hydrogen) atoms. The molecular weight excluding hydrogens is 1840 g/mol. The highest BCUT2D eigenvalue weighted by Crippen LogP contribution is 2.18. The van der Waals surface area contributed by atoms with Gasteiger partial charge >= 0.3 is 17.9 Å². The topological polar surface area (TPSA) is 820 Å². The average Bonchev–Trinajstić information content (AvgIpc) is 0.849. The minimum atomic E-state index is -2.07. The first-order valence-electron chi connectivity index (χ1n) is 46.4. The SMILES string of the molecule is CC[C@H](C)[C@H](NC(=O)[C@H](Cc1ccccc1)NC(=O)[C@H](CC(=O)O)NC(=O)[C@H](CCCNC(=N)N)NC(=O)[C@H](Cc1ccccc1)NC(=O)[C@H](Cc1ccccc1)NC(=O)[C@H](CCCCN)NC(=O)[C@H](CO)NC(=O)[C@H](CC(C)C)NC(=O)[C@H](CCCNC(=N)N)NC(=O)[C@H](CCSC)NC(=O)[C@@H](N)CCC(=O)O)C(=O)N[C@@H](CC(C)C)C(=O)N[C@@H](CCC(N)=O)C(=O)N[C@@H](CCCNC(=N)N)C(=O)O. The first kappa shape index (κ1) is 120. The quantitative estimate of drug-likeness (QED) is 0.0143. The Morgan fingerprint density at radius 1 is 0.350 bits per heavy atom. The summed E-state index contributed by atoms with van der Waals surface area (Å²) in [6.45, 7) is 9.16. The van der Waals surface area contributed by atoms with Gasteiger partial charge in [-0.1, -0.05) is 139 Å². The summed E-state index contributed by atoms with van der Waals surface area (Å²) >= 11 is 1.33.